The highest BCUT2D eigenvalue weighted by atomic mass is 35.5. The molecule has 0 bridgehead atoms. The summed E-state index contributed by atoms with van der Waals surface area (Å²) in [5, 5.41) is 0.324. The summed E-state index contributed by atoms with van der Waals surface area (Å²) in [6.07, 6.45) is 0. The van der Waals surface area contributed by atoms with E-state index < -0.39 is 12.5 Å². The van der Waals surface area contributed by atoms with Gasteiger partial charge in [-0.25, -0.2) is 0 Å². The van der Waals surface area contributed by atoms with Crippen LogP contribution in [0.25, 0.3) is 11.1 Å². The maximum Gasteiger partial charge on any atom is 0.387 e. The Morgan fingerprint density at radius 2 is 2.05 bits per heavy atom. The summed E-state index contributed by atoms with van der Waals surface area (Å²) in [4.78, 5) is 11.4. The molecular weight excluding hydrogens is 288 g/mol. The lowest BCUT2D eigenvalue weighted by atomic mass is 9.98. The molecule has 6 heteroatoms. The summed E-state index contributed by atoms with van der Waals surface area (Å²) in [7, 11) is 0. The predicted octanol–water partition coefficient (Wildman–Crippen LogP) is 3.51. The number of alkyl halides is 2. The molecule has 0 saturated carbocycles. The third-order valence-corrected chi connectivity index (χ3v) is 2.81. The summed E-state index contributed by atoms with van der Waals surface area (Å²) in [5.74, 6) is -0.780. The van der Waals surface area contributed by atoms with Gasteiger partial charge in [-0.2, -0.15) is 8.78 Å². The monoisotopic (exact) mass is 296 g/mol. The van der Waals surface area contributed by atoms with Crippen LogP contribution in [0.4, 0.5) is 8.78 Å². The van der Waals surface area contributed by atoms with Crippen molar-refractivity contribution in [2.45, 2.75) is 6.61 Å². The van der Waals surface area contributed by atoms with Crippen LogP contribution in [0, 0.1) is 6.07 Å². The van der Waals surface area contributed by atoms with Gasteiger partial charge in [-0.3, -0.25) is 4.79 Å². The third kappa shape index (κ3) is 3.05. The molecule has 0 heterocycles. The lowest BCUT2D eigenvalue weighted by Crippen LogP contribution is -2.12. The van der Waals surface area contributed by atoms with Crippen molar-refractivity contribution in [3.63, 3.8) is 0 Å². The van der Waals surface area contributed by atoms with E-state index in [1.807, 2.05) is 0 Å². The quantitative estimate of drug-likeness (QED) is 0.938. The Hall–Kier alpha value is -2.14. The Labute approximate surface area is 118 Å². The summed E-state index contributed by atoms with van der Waals surface area (Å²) >= 11 is 5.87. The zero-order valence-electron chi connectivity index (χ0n) is 10.1. The van der Waals surface area contributed by atoms with Crippen LogP contribution in [-0.4, -0.2) is 12.5 Å². The van der Waals surface area contributed by atoms with Crippen LogP contribution >= 0.6 is 11.6 Å². The molecule has 0 fully saturated rings. The second-order valence-electron chi connectivity index (χ2n) is 3.85. The van der Waals surface area contributed by atoms with E-state index >= 15 is 0 Å². The number of benzene rings is 2. The maximum atomic E-state index is 12.4. The van der Waals surface area contributed by atoms with E-state index in [2.05, 4.69) is 10.8 Å². The van der Waals surface area contributed by atoms with Gasteiger partial charge >= 0.3 is 6.61 Å². The van der Waals surface area contributed by atoms with Crippen molar-refractivity contribution in [2.75, 3.05) is 0 Å². The maximum absolute atomic E-state index is 12.4. The predicted molar refractivity (Wildman–Crippen MR) is 70.9 cm³/mol. The molecule has 0 aliphatic rings. The molecule has 0 aliphatic heterocycles. The van der Waals surface area contributed by atoms with E-state index in [1.54, 1.807) is 0 Å². The number of hydrogen-bond acceptors (Lipinski definition) is 2. The number of nitrogens with two attached hydrogens (primary N) is 1. The van der Waals surface area contributed by atoms with Crippen molar-refractivity contribution in [2.24, 2.45) is 5.73 Å². The van der Waals surface area contributed by atoms with E-state index in [-0.39, 0.29) is 16.9 Å². The molecule has 0 aromatic heterocycles. The van der Waals surface area contributed by atoms with Crippen LogP contribution in [0.1, 0.15) is 10.4 Å². The molecule has 103 valence electrons. The summed E-state index contributed by atoms with van der Waals surface area (Å²) < 4.78 is 29.3. The van der Waals surface area contributed by atoms with Gasteiger partial charge in [0.15, 0.2) is 0 Å². The highest BCUT2D eigenvalue weighted by Gasteiger charge is 2.16. The van der Waals surface area contributed by atoms with Crippen LogP contribution in [0.2, 0.25) is 5.02 Å². The standard InChI is InChI=1S/C14H9ClF2NO2/c15-8-5-6-12(20-14(16)17)11(7-8)9-3-1-2-4-10(9)13(18)19/h1,3-7,14H,(H2,18,19). The van der Waals surface area contributed by atoms with Gasteiger partial charge in [-0.05, 0) is 35.9 Å². The molecule has 20 heavy (non-hydrogen) atoms. The molecule has 2 rings (SSSR count). The number of amides is 1. The van der Waals surface area contributed by atoms with Gasteiger partial charge in [0.1, 0.15) is 5.75 Å². The fourth-order valence-electron chi connectivity index (χ4n) is 1.78. The van der Waals surface area contributed by atoms with Gasteiger partial charge in [0.05, 0.1) is 0 Å². The molecular formula is C14H9ClF2NO2. The van der Waals surface area contributed by atoms with Gasteiger partial charge in [-0.1, -0.05) is 23.7 Å². The molecule has 1 radical (unpaired) electrons. The molecule has 0 spiro atoms. The highest BCUT2D eigenvalue weighted by Crippen LogP contribution is 2.35. The Morgan fingerprint density at radius 1 is 1.30 bits per heavy atom. The molecule has 2 aromatic rings. The second-order valence-corrected chi connectivity index (χ2v) is 4.29. The summed E-state index contributed by atoms with van der Waals surface area (Å²) in [6.45, 7) is -2.98. The molecule has 3 nitrogen and oxygen atoms in total. The van der Waals surface area contributed by atoms with E-state index in [0.29, 0.717) is 10.6 Å². The minimum atomic E-state index is -2.98. The van der Waals surface area contributed by atoms with Gasteiger partial charge in [0.25, 0.3) is 0 Å². The number of hydrogen-bond donors (Lipinski definition) is 1. The summed E-state index contributed by atoms with van der Waals surface area (Å²) in [5.41, 5.74) is 6.03. The second kappa shape index (κ2) is 5.88. The number of primary amides is 1. The highest BCUT2D eigenvalue weighted by molar-refractivity contribution is 6.31. The molecule has 1 amide bonds. The van der Waals surface area contributed by atoms with Crippen LogP contribution in [0.3, 0.4) is 0 Å². The number of carbonyl (C=O) groups is 1. The van der Waals surface area contributed by atoms with Crippen molar-refractivity contribution >= 4 is 17.5 Å². The van der Waals surface area contributed by atoms with Gasteiger partial charge in [0.2, 0.25) is 5.91 Å². The summed E-state index contributed by atoms with van der Waals surface area (Å²) in [6, 6.07) is 11.3. The van der Waals surface area contributed by atoms with Crippen LogP contribution < -0.4 is 10.5 Å². The molecule has 0 aliphatic carbocycles. The van der Waals surface area contributed by atoms with Crippen LogP contribution in [0.5, 0.6) is 5.75 Å². The number of halogens is 3. The van der Waals surface area contributed by atoms with Crippen LogP contribution in [0.15, 0.2) is 36.4 Å². The zero-order valence-corrected chi connectivity index (χ0v) is 10.8. The lowest BCUT2D eigenvalue weighted by Gasteiger charge is -2.13. The molecule has 0 unspecified atom stereocenters. The van der Waals surface area contributed by atoms with E-state index in [1.165, 1.54) is 36.4 Å². The Balaban J connectivity index is 2.62. The first kappa shape index (κ1) is 14.3. The van der Waals surface area contributed by atoms with Crippen LogP contribution in [-0.2, 0) is 0 Å². The molecule has 0 saturated heterocycles. The van der Waals surface area contributed by atoms with E-state index in [9.17, 15) is 13.6 Å². The molecule has 2 aromatic carbocycles. The average molecular weight is 297 g/mol. The number of carbonyl (C=O) groups excluding carboxylic acids is 1. The Bertz CT molecular complexity index is 647. The smallest absolute Gasteiger partial charge is 0.387 e. The Kier molecular flexibility index (Phi) is 4.20. The van der Waals surface area contributed by atoms with Gasteiger partial charge in [0, 0.05) is 16.1 Å². The molecule has 0 atom stereocenters. The fourth-order valence-corrected chi connectivity index (χ4v) is 1.95. The number of ether oxygens (including phenoxy) is 1. The largest absolute Gasteiger partial charge is 0.434 e. The minimum absolute atomic E-state index is 0.0851. The van der Waals surface area contributed by atoms with E-state index in [0.717, 1.165) is 0 Å². The minimum Gasteiger partial charge on any atom is -0.434 e. The van der Waals surface area contributed by atoms with Crippen molar-refractivity contribution < 1.29 is 18.3 Å². The SMILES string of the molecule is NC(=O)c1c[c]ccc1-c1cc(Cl)ccc1OC(F)F. The number of rotatable bonds is 4. The van der Waals surface area contributed by atoms with Gasteiger partial charge in [-0.15, -0.1) is 0 Å². The first-order valence-electron chi connectivity index (χ1n) is 5.53. The first-order chi connectivity index (χ1) is 9.49. The normalized spacial score (nSPS) is 10.6. The van der Waals surface area contributed by atoms with Crippen molar-refractivity contribution in [1.82, 2.24) is 0 Å². The average Bonchev–Trinajstić information content (AvgIpc) is 2.40. The van der Waals surface area contributed by atoms with Crippen molar-refractivity contribution in [3.05, 3.63) is 53.1 Å². The Morgan fingerprint density at radius 3 is 2.70 bits per heavy atom. The van der Waals surface area contributed by atoms with Crippen molar-refractivity contribution in [3.8, 4) is 16.9 Å². The third-order valence-electron chi connectivity index (χ3n) is 2.58. The van der Waals surface area contributed by atoms with Gasteiger partial charge < -0.3 is 10.5 Å². The lowest BCUT2D eigenvalue weighted by molar-refractivity contribution is -0.0494. The zero-order chi connectivity index (χ0) is 14.7. The fraction of sp³-hybridized carbons (Fsp3) is 0.0714. The first-order valence-corrected chi connectivity index (χ1v) is 5.91. The van der Waals surface area contributed by atoms with E-state index in [4.69, 9.17) is 17.3 Å². The van der Waals surface area contributed by atoms with Crippen molar-refractivity contribution in [1.29, 1.82) is 0 Å². The molecule has 2 N–H and O–H groups in total. The topological polar surface area (TPSA) is 52.3 Å².